The number of nitrogens with zero attached hydrogens (tertiary/aromatic N) is 1. The fraction of sp³-hybridized carbons (Fsp3) is 0.684. The van der Waals surface area contributed by atoms with E-state index in [-0.39, 0.29) is 28.1 Å². The van der Waals surface area contributed by atoms with Crippen LogP contribution in [-0.4, -0.2) is 57.2 Å². The molecule has 3 aliphatic heterocycles. The van der Waals surface area contributed by atoms with Crippen molar-refractivity contribution in [2.24, 2.45) is 5.41 Å². The second-order valence-corrected chi connectivity index (χ2v) is 10.3. The minimum absolute atomic E-state index is 0.0244. The Labute approximate surface area is 164 Å². The first kappa shape index (κ1) is 20.0. The summed E-state index contributed by atoms with van der Waals surface area (Å²) in [5, 5.41) is 3.61. The highest BCUT2D eigenvalue weighted by Crippen LogP contribution is 2.40. The Morgan fingerprint density at radius 1 is 1.21 bits per heavy atom. The fourth-order valence-corrected chi connectivity index (χ4v) is 6.44. The summed E-state index contributed by atoms with van der Waals surface area (Å²) in [6, 6.07) is 5.49. The molecule has 0 unspecified atom stereocenters. The lowest BCUT2D eigenvalue weighted by atomic mass is 9.87. The zero-order valence-electron chi connectivity index (χ0n) is 15.8. The highest BCUT2D eigenvalue weighted by atomic mass is 32.2. The molecule has 156 valence electrons. The summed E-state index contributed by atoms with van der Waals surface area (Å²) in [5.41, 5.74) is 0.185. The average molecular weight is 416 g/mol. The van der Waals surface area contributed by atoms with Crippen molar-refractivity contribution in [3.8, 4) is 5.75 Å². The number of ether oxygens (including phenoxy) is 2. The van der Waals surface area contributed by atoms with E-state index in [9.17, 15) is 17.2 Å². The van der Waals surface area contributed by atoms with Gasteiger partial charge in [-0.2, -0.15) is 13.1 Å². The van der Waals surface area contributed by atoms with E-state index < -0.39 is 16.6 Å². The van der Waals surface area contributed by atoms with Gasteiger partial charge in [0, 0.05) is 30.1 Å². The Morgan fingerprint density at radius 3 is 2.32 bits per heavy atom. The maximum atomic E-state index is 13.2. The van der Waals surface area contributed by atoms with Gasteiger partial charge in [-0.3, -0.25) is 0 Å². The first-order valence-corrected chi connectivity index (χ1v) is 11.1. The van der Waals surface area contributed by atoms with Crippen molar-refractivity contribution in [2.45, 2.75) is 62.2 Å². The summed E-state index contributed by atoms with van der Waals surface area (Å²) < 4.78 is 62.2. The van der Waals surface area contributed by atoms with Crippen LogP contribution in [-0.2, 0) is 14.8 Å². The number of hydrogen-bond donors (Lipinski definition) is 1. The number of alkyl halides is 2. The fourth-order valence-electron chi connectivity index (χ4n) is 4.55. The van der Waals surface area contributed by atoms with Crippen LogP contribution in [0.3, 0.4) is 0 Å². The van der Waals surface area contributed by atoms with Crippen molar-refractivity contribution in [3.05, 3.63) is 24.3 Å². The first-order chi connectivity index (χ1) is 13.3. The molecule has 6 nitrogen and oxygen atoms in total. The Bertz CT molecular complexity index is 785. The third-order valence-corrected chi connectivity index (χ3v) is 8.03. The maximum absolute atomic E-state index is 13.2. The highest BCUT2D eigenvalue weighted by molar-refractivity contribution is 7.89. The molecule has 2 bridgehead atoms. The quantitative estimate of drug-likeness (QED) is 0.740. The van der Waals surface area contributed by atoms with Crippen LogP contribution in [0.2, 0.25) is 0 Å². The van der Waals surface area contributed by atoms with Crippen molar-refractivity contribution in [3.63, 3.8) is 0 Å². The zero-order chi connectivity index (χ0) is 19.9. The highest BCUT2D eigenvalue weighted by Gasteiger charge is 2.47. The van der Waals surface area contributed by atoms with Crippen LogP contribution in [0.15, 0.2) is 29.2 Å². The van der Waals surface area contributed by atoms with Crippen LogP contribution in [0.5, 0.6) is 5.75 Å². The van der Waals surface area contributed by atoms with Gasteiger partial charge in [0.2, 0.25) is 10.0 Å². The summed E-state index contributed by atoms with van der Waals surface area (Å²) in [5.74, 6) is -0.0479. The lowest BCUT2D eigenvalue weighted by Gasteiger charge is -2.42. The summed E-state index contributed by atoms with van der Waals surface area (Å²) in [6.07, 6.45) is 3.29. The van der Waals surface area contributed by atoms with E-state index in [1.165, 1.54) is 24.3 Å². The molecule has 0 aliphatic carbocycles. The van der Waals surface area contributed by atoms with E-state index in [1.54, 1.807) is 4.31 Å². The topological polar surface area (TPSA) is 67.9 Å². The summed E-state index contributed by atoms with van der Waals surface area (Å²) >= 11 is 0. The lowest BCUT2D eigenvalue weighted by molar-refractivity contribution is -0.101. The smallest absolute Gasteiger partial charge is 0.387 e. The Kier molecular flexibility index (Phi) is 5.37. The predicted molar refractivity (Wildman–Crippen MR) is 98.9 cm³/mol. The van der Waals surface area contributed by atoms with Crippen LogP contribution < -0.4 is 10.1 Å². The molecule has 0 spiro atoms. The third-order valence-electron chi connectivity index (χ3n) is 6.01. The molecular formula is C19H26F2N2O4S. The molecule has 3 saturated heterocycles. The molecule has 28 heavy (non-hydrogen) atoms. The number of benzene rings is 1. The van der Waals surface area contributed by atoms with Crippen LogP contribution in [0.4, 0.5) is 8.78 Å². The Balaban J connectivity index is 1.43. The number of hydrogen-bond acceptors (Lipinski definition) is 5. The lowest BCUT2D eigenvalue weighted by Crippen LogP contribution is -2.55. The average Bonchev–Trinajstić information content (AvgIpc) is 2.90. The number of rotatable bonds is 7. The molecule has 1 aromatic carbocycles. The monoisotopic (exact) mass is 416 g/mol. The van der Waals surface area contributed by atoms with Crippen LogP contribution >= 0.6 is 0 Å². The van der Waals surface area contributed by atoms with Gasteiger partial charge < -0.3 is 14.8 Å². The van der Waals surface area contributed by atoms with E-state index in [2.05, 4.69) is 17.0 Å². The molecule has 1 aromatic rings. The summed E-state index contributed by atoms with van der Waals surface area (Å²) in [7, 11) is -3.66. The number of halogens is 2. The van der Waals surface area contributed by atoms with Gasteiger partial charge in [-0.15, -0.1) is 0 Å². The van der Waals surface area contributed by atoms with E-state index in [0.29, 0.717) is 6.04 Å². The largest absolute Gasteiger partial charge is 0.435 e. The first-order valence-electron chi connectivity index (χ1n) is 9.66. The van der Waals surface area contributed by atoms with Crippen molar-refractivity contribution >= 4 is 10.0 Å². The van der Waals surface area contributed by atoms with Gasteiger partial charge in [-0.1, -0.05) is 6.92 Å². The number of fused-ring (bicyclic) bond motifs is 2. The van der Waals surface area contributed by atoms with Gasteiger partial charge in [-0.25, -0.2) is 8.42 Å². The zero-order valence-corrected chi connectivity index (χ0v) is 16.6. The second-order valence-electron chi connectivity index (χ2n) is 8.42. The van der Waals surface area contributed by atoms with Gasteiger partial charge >= 0.3 is 6.61 Å². The molecule has 3 fully saturated rings. The van der Waals surface area contributed by atoms with Crippen molar-refractivity contribution in [2.75, 3.05) is 19.8 Å². The van der Waals surface area contributed by atoms with Crippen LogP contribution in [0.25, 0.3) is 0 Å². The Morgan fingerprint density at radius 2 is 1.82 bits per heavy atom. The Hall–Kier alpha value is -1.29. The molecule has 3 atom stereocenters. The van der Waals surface area contributed by atoms with Gasteiger partial charge in [0.1, 0.15) is 5.75 Å². The molecule has 0 radical (unpaired) electrons. The number of nitrogens with one attached hydrogen (secondary N) is 1. The molecule has 0 amide bonds. The molecule has 0 saturated carbocycles. The second kappa shape index (κ2) is 7.51. The maximum Gasteiger partial charge on any atom is 0.387 e. The van der Waals surface area contributed by atoms with Crippen molar-refractivity contribution in [1.82, 2.24) is 9.62 Å². The van der Waals surface area contributed by atoms with Crippen molar-refractivity contribution in [1.29, 1.82) is 0 Å². The van der Waals surface area contributed by atoms with Crippen molar-refractivity contribution < 1.29 is 26.7 Å². The van der Waals surface area contributed by atoms with Crippen LogP contribution in [0.1, 0.15) is 32.6 Å². The number of sulfonamides is 1. The minimum Gasteiger partial charge on any atom is -0.435 e. The van der Waals surface area contributed by atoms with Gasteiger partial charge in [-0.05, 0) is 49.9 Å². The number of piperidine rings is 1. The molecule has 3 heterocycles. The van der Waals surface area contributed by atoms with Crippen LogP contribution in [0, 0.1) is 5.41 Å². The molecule has 9 heteroatoms. The van der Waals surface area contributed by atoms with E-state index in [4.69, 9.17) is 4.74 Å². The van der Waals surface area contributed by atoms with E-state index in [0.717, 1.165) is 45.4 Å². The third kappa shape index (κ3) is 3.90. The normalized spacial score (nSPS) is 29.6. The minimum atomic E-state index is -3.66. The molecule has 4 rings (SSSR count). The van der Waals surface area contributed by atoms with E-state index in [1.807, 2.05) is 0 Å². The summed E-state index contributed by atoms with van der Waals surface area (Å²) in [4.78, 5) is 0.122. The standard InChI is InChI=1S/C19H26F2N2O4S/c1-19(11-26-12-19)10-22-13-8-14-2-3-15(9-13)23(14)28(24,25)17-6-4-16(5-7-17)27-18(20)21/h4-7,13-15,18,22H,2-3,8-12H2,1H3/t13-,14-,15+. The molecule has 1 N–H and O–H groups in total. The van der Waals surface area contributed by atoms with Gasteiger partial charge in [0.25, 0.3) is 0 Å². The van der Waals surface area contributed by atoms with Gasteiger partial charge in [0.05, 0.1) is 18.1 Å². The molecular weight excluding hydrogens is 390 g/mol. The SMILES string of the molecule is CC1(CN[C@@H]2C[C@H]3CC[C@@H](C2)N3S(=O)(=O)c2ccc(OC(F)F)cc2)COC1. The van der Waals surface area contributed by atoms with Gasteiger partial charge in [0.15, 0.2) is 0 Å². The summed E-state index contributed by atoms with van der Waals surface area (Å²) in [6.45, 7) is 1.68. The van der Waals surface area contributed by atoms with E-state index >= 15 is 0 Å². The molecule has 0 aromatic heterocycles. The predicted octanol–water partition coefficient (Wildman–Crippen LogP) is 2.60. The molecule has 3 aliphatic rings.